The predicted molar refractivity (Wildman–Crippen MR) is 61.0 cm³/mol. The molecule has 1 fully saturated rings. The zero-order chi connectivity index (χ0) is 12.8. The molecule has 0 aromatic heterocycles. The molecular weight excluding hydrogens is 251 g/mol. The van der Waals surface area contributed by atoms with Crippen molar-refractivity contribution in [3.63, 3.8) is 0 Å². The molecule has 0 saturated heterocycles. The Hall–Kier alpha value is -0.740. The third-order valence-electron chi connectivity index (χ3n) is 3.48. The van der Waals surface area contributed by atoms with Crippen LogP contribution in [0.4, 0.5) is 13.2 Å². The molecule has 1 aliphatic rings. The molecule has 2 N–H and O–H groups in total. The summed E-state index contributed by atoms with van der Waals surface area (Å²) in [6.07, 6.45) is -3.06. The zero-order valence-corrected chi connectivity index (χ0v) is 10.1. The van der Waals surface area contributed by atoms with Crippen LogP contribution < -0.4 is 5.73 Å². The topological polar surface area (TPSA) is 26.0 Å². The number of hydrogen-bond acceptors (Lipinski definition) is 1. The predicted octanol–water partition coefficient (Wildman–Crippen LogP) is 3.74. The van der Waals surface area contributed by atoms with Gasteiger partial charge < -0.3 is 5.73 Å². The van der Waals surface area contributed by atoms with Crippen LogP contribution in [0.2, 0.25) is 5.02 Å². The van der Waals surface area contributed by atoms with Gasteiger partial charge in [-0.05, 0) is 37.5 Å². The molecule has 1 nitrogen and oxygen atoms in total. The average molecular weight is 264 g/mol. The Morgan fingerprint density at radius 2 is 1.94 bits per heavy atom. The molecule has 1 atom stereocenters. The molecule has 1 unspecified atom stereocenters. The van der Waals surface area contributed by atoms with Gasteiger partial charge in [-0.3, -0.25) is 0 Å². The first-order valence-electron chi connectivity index (χ1n) is 5.41. The van der Waals surface area contributed by atoms with Crippen molar-refractivity contribution in [1.29, 1.82) is 0 Å². The van der Waals surface area contributed by atoms with Crippen LogP contribution in [-0.4, -0.2) is 6.04 Å². The van der Waals surface area contributed by atoms with Crippen LogP contribution >= 0.6 is 11.6 Å². The van der Waals surface area contributed by atoms with Crippen molar-refractivity contribution in [2.24, 2.45) is 5.73 Å². The first-order chi connectivity index (χ1) is 7.79. The molecule has 0 aliphatic heterocycles. The Morgan fingerprint density at radius 3 is 2.35 bits per heavy atom. The van der Waals surface area contributed by atoms with Gasteiger partial charge in [0.05, 0.1) is 5.56 Å². The van der Waals surface area contributed by atoms with Crippen molar-refractivity contribution < 1.29 is 13.2 Å². The first kappa shape index (κ1) is 12.7. The van der Waals surface area contributed by atoms with Crippen LogP contribution in [-0.2, 0) is 11.6 Å². The Kier molecular flexibility index (Phi) is 2.91. The average Bonchev–Trinajstić information content (AvgIpc) is 2.96. The molecule has 17 heavy (non-hydrogen) atoms. The fourth-order valence-corrected chi connectivity index (χ4v) is 2.70. The smallest absolute Gasteiger partial charge is 0.327 e. The number of nitrogens with two attached hydrogens (primary N) is 1. The number of rotatable bonds is 2. The van der Waals surface area contributed by atoms with Crippen molar-refractivity contribution in [2.45, 2.75) is 37.4 Å². The molecule has 1 aromatic carbocycles. The van der Waals surface area contributed by atoms with Gasteiger partial charge in [-0.1, -0.05) is 17.7 Å². The van der Waals surface area contributed by atoms with Gasteiger partial charge in [-0.15, -0.1) is 0 Å². The quantitative estimate of drug-likeness (QED) is 0.864. The van der Waals surface area contributed by atoms with Gasteiger partial charge in [-0.25, -0.2) is 0 Å². The minimum Gasteiger partial charge on any atom is -0.327 e. The van der Waals surface area contributed by atoms with E-state index in [-0.39, 0.29) is 16.6 Å². The van der Waals surface area contributed by atoms with E-state index in [4.69, 9.17) is 17.3 Å². The summed E-state index contributed by atoms with van der Waals surface area (Å²) >= 11 is 5.95. The summed E-state index contributed by atoms with van der Waals surface area (Å²) in [6, 6.07) is 3.56. The highest BCUT2D eigenvalue weighted by Gasteiger charge is 2.52. The molecule has 2 rings (SSSR count). The van der Waals surface area contributed by atoms with E-state index in [1.165, 1.54) is 12.1 Å². The Labute approximate surface area is 103 Å². The minimum absolute atomic E-state index is 0.162. The highest BCUT2D eigenvalue weighted by Crippen LogP contribution is 2.55. The lowest BCUT2D eigenvalue weighted by Gasteiger charge is -2.25. The molecule has 94 valence electrons. The standard InChI is InChI=1S/C12H13ClF3N/c1-7(17)11(5-6-11)10-8(12(14,15)16)3-2-4-9(10)13/h2-4,7H,5-6,17H2,1H3. The highest BCUT2D eigenvalue weighted by molar-refractivity contribution is 6.31. The fraction of sp³-hybridized carbons (Fsp3) is 0.500. The van der Waals surface area contributed by atoms with Crippen LogP contribution in [0.5, 0.6) is 0 Å². The van der Waals surface area contributed by atoms with Crippen molar-refractivity contribution in [2.75, 3.05) is 0 Å². The molecule has 0 spiro atoms. The van der Waals surface area contributed by atoms with E-state index in [2.05, 4.69) is 0 Å². The molecule has 0 radical (unpaired) electrons. The Bertz CT molecular complexity index is 436. The second kappa shape index (κ2) is 3.89. The first-order valence-corrected chi connectivity index (χ1v) is 5.78. The fourth-order valence-electron chi connectivity index (χ4n) is 2.33. The SMILES string of the molecule is CC(N)C1(c2c(Cl)cccc2C(F)(F)F)CC1. The van der Waals surface area contributed by atoms with E-state index in [0.717, 1.165) is 6.07 Å². The Morgan fingerprint density at radius 1 is 1.35 bits per heavy atom. The molecule has 0 amide bonds. The van der Waals surface area contributed by atoms with Crippen molar-refractivity contribution in [3.8, 4) is 0 Å². The Balaban J connectivity index is 2.61. The van der Waals surface area contributed by atoms with Crippen molar-refractivity contribution in [1.82, 2.24) is 0 Å². The summed E-state index contributed by atoms with van der Waals surface area (Å²) in [5, 5.41) is 0.162. The van der Waals surface area contributed by atoms with E-state index in [1.807, 2.05) is 0 Å². The summed E-state index contributed by atoms with van der Waals surface area (Å²) in [4.78, 5) is 0. The summed E-state index contributed by atoms with van der Waals surface area (Å²) in [7, 11) is 0. The maximum Gasteiger partial charge on any atom is 0.416 e. The van der Waals surface area contributed by atoms with E-state index in [1.54, 1.807) is 6.92 Å². The number of benzene rings is 1. The number of halogens is 4. The van der Waals surface area contributed by atoms with Gasteiger partial charge in [0.15, 0.2) is 0 Å². The van der Waals surface area contributed by atoms with Gasteiger partial charge in [0.2, 0.25) is 0 Å². The van der Waals surface area contributed by atoms with E-state index >= 15 is 0 Å². The second-order valence-electron chi connectivity index (χ2n) is 4.60. The molecule has 1 aliphatic carbocycles. The van der Waals surface area contributed by atoms with Crippen LogP contribution in [0.15, 0.2) is 18.2 Å². The van der Waals surface area contributed by atoms with Gasteiger partial charge in [-0.2, -0.15) is 13.2 Å². The van der Waals surface area contributed by atoms with E-state index < -0.39 is 17.2 Å². The molecule has 0 bridgehead atoms. The van der Waals surface area contributed by atoms with Crippen LogP contribution in [0, 0.1) is 0 Å². The summed E-state index contributed by atoms with van der Waals surface area (Å²) in [5.74, 6) is 0. The molecule has 1 saturated carbocycles. The van der Waals surface area contributed by atoms with Crippen LogP contribution in [0.3, 0.4) is 0 Å². The van der Waals surface area contributed by atoms with Crippen molar-refractivity contribution >= 4 is 11.6 Å². The van der Waals surface area contributed by atoms with Crippen LogP contribution in [0.25, 0.3) is 0 Å². The summed E-state index contributed by atoms with van der Waals surface area (Å²) in [6.45, 7) is 1.73. The van der Waals surface area contributed by atoms with Gasteiger partial charge >= 0.3 is 6.18 Å². The lowest BCUT2D eigenvalue weighted by molar-refractivity contribution is -0.138. The number of hydrogen-bond donors (Lipinski definition) is 1. The monoisotopic (exact) mass is 263 g/mol. The second-order valence-corrected chi connectivity index (χ2v) is 5.01. The highest BCUT2D eigenvalue weighted by atomic mass is 35.5. The third kappa shape index (κ3) is 2.04. The number of alkyl halides is 3. The zero-order valence-electron chi connectivity index (χ0n) is 9.31. The molecular formula is C12H13ClF3N. The van der Waals surface area contributed by atoms with E-state index in [9.17, 15) is 13.2 Å². The molecule has 1 aromatic rings. The van der Waals surface area contributed by atoms with Gasteiger partial charge in [0.25, 0.3) is 0 Å². The lowest BCUT2D eigenvalue weighted by Crippen LogP contribution is -2.33. The van der Waals surface area contributed by atoms with Gasteiger partial charge in [0.1, 0.15) is 0 Å². The third-order valence-corrected chi connectivity index (χ3v) is 3.79. The molecule has 0 heterocycles. The largest absolute Gasteiger partial charge is 0.416 e. The minimum atomic E-state index is -4.38. The summed E-state index contributed by atoms with van der Waals surface area (Å²) in [5.41, 5.74) is 4.74. The van der Waals surface area contributed by atoms with Crippen LogP contribution in [0.1, 0.15) is 30.9 Å². The van der Waals surface area contributed by atoms with Crippen molar-refractivity contribution in [3.05, 3.63) is 34.3 Å². The van der Waals surface area contributed by atoms with Gasteiger partial charge in [0, 0.05) is 16.5 Å². The lowest BCUT2D eigenvalue weighted by atomic mass is 9.86. The molecule has 5 heteroatoms. The van der Waals surface area contributed by atoms with E-state index in [0.29, 0.717) is 12.8 Å². The maximum atomic E-state index is 13.0. The maximum absolute atomic E-state index is 13.0. The normalized spacial score (nSPS) is 20.1. The summed E-state index contributed by atoms with van der Waals surface area (Å²) < 4.78 is 38.9.